The molecule has 0 aromatic rings. The minimum absolute atomic E-state index is 0.00485. The number of thioether (sulfide) groups is 3. The molecule has 0 radical (unpaired) electrons. The van der Waals surface area contributed by atoms with Gasteiger partial charge < -0.3 is 77.3 Å². The molecular formula is C96H149F6N21O9S3. The number of fused-ring (bicyclic) bond motifs is 17. The average Bonchev–Trinajstić information content (AvgIpc) is 1.64. The van der Waals surface area contributed by atoms with Crippen LogP contribution in [0.15, 0.2) is 38.0 Å². The van der Waals surface area contributed by atoms with Crippen LogP contribution in [0.1, 0.15) is 177 Å². The van der Waals surface area contributed by atoms with Gasteiger partial charge >= 0.3 is 18.1 Å². The zero-order chi connectivity index (χ0) is 95.1. The summed E-state index contributed by atoms with van der Waals surface area (Å²) in [6, 6.07) is -4.68. The van der Waals surface area contributed by atoms with Gasteiger partial charge in [0.25, 0.3) is 0 Å². The van der Waals surface area contributed by atoms with Crippen LogP contribution < -0.4 is 63.8 Å². The fraction of sp³-hybridized carbons (Fsp3) is 0.844. The maximum absolute atomic E-state index is 16.6. The number of halogens is 6. The summed E-state index contributed by atoms with van der Waals surface area (Å²) in [6.45, 7) is 32.1. The average molecular weight is 1950 g/mol. The number of rotatable bonds is 9. The van der Waals surface area contributed by atoms with E-state index in [9.17, 15) is 43.2 Å². The second kappa shape index (κ2) is 42.0. The minimum Gasteiger partial charge on any atom is -0.353 e. The zero-order valence-electron chi connectivity index (χ0n) is 79.6. The first-order valence-corrected chi connectivity index (χ1v) is 54.5. The van der Waals surface area contributed by atoms with Gasteiger partial charge in [-0.15, -0.1) is 0 Å². The number of piperazine rings is 3. The lowest BCUT2D eigenvalue weighted by atomic mass is 9.72. The molecule has 135 heavy (non-hydrogen) atoms. The Morgan fingerprint density at radius 2 is 0.696 bits per heavy atom. The third-order valence-corrected chi connectivity index (χ3v) is 38.9. The van der Waals surface area contributed by atoms with E-state index in [1.165, 1.54) is 18.2 Å². The summed E-state index contributed by atoms with van der Waals surface area (Å²) in [5, 5.41) is 41.4. The zero-order valence-corrected chi connectivity index (χ0v) is 82.0. The summed E-state index contributed by atoms with van der Waals surface area (Å²) in [7, 11) is 0. The third kappa shape index (κ3) is 19.8. The third-order valence-electron chi connectivity index (χ3n) is 34.7. The Morgan fingerprint density at radius 3 is 1.01 bits per heavy atom. The fourth-order valence-corrected chi connectivity index (χ4v) is 32.6. The largest absolute Gasteiger partial charge is 0.353 e. The van der Waals surface area contributed by atoms with Crippen LogP contribution in [0.4, 0.5) is 40.7 Å². The van der Waals surface area contributed by atoms with Gasteiger partial charge in [0.1, 0.15) is 37.0 Å². The van der Waals surface area contributed by atoms with E-state index in [-0.39, 0.29) is 191 Å². The number of amides is 12. The van der Waals surface area contributed by atoms with Gasteiger partial charge in [0.15, 0.2) is 0 Å². The van der Waals surface area contributed by atoms with Crippen LogP contribution in [0, 0.1) is 53.3 Å². The Labute approximate surface area is 804 Å². The van der Waals surface area contributed by atoms with Crippen molar-refractivity contribution >= 4 is 88.8 Å². The van der Waals surface area contributed by atoms with E-state index < -0.39 is 128 Å². The Kier molecular flexibility index (Phi) is 30.9. The molecule has 15 aliphatic heterocycles. The minimum atomic E-state index is -1.36. The monoisotopic (exact) mass is 1950 g/mol. The summed E-state index contributed by atoms with van der Waals surface area (Å²) in [4.78, 5) is 138. The van der Waals surface area contributed by atoms with Crippen molar-refractivity contribution in [2.75, 3.05) is 82.7 Å². The molecule has 20 fully saturated rings. The molecule has 12 N–H and O–H groups in total. The predicted molar refractivity (Wildman–Crippen MR) is 508 cm³/mol. The normalized spacial score (nSPS) is 44.6. The molecule has 5 saturated carbocycles. The first-order valence-electron chi connectivity index (χ1n) is 51.3. The van der Waals surface area contributed by atoms with Crippen molar-refractivity contribution < 1.29 is 69.5 Å². The van der Waals surface area contributed by atoms with Gasteiger partial charge in [-0.25, -0.2) is 40.7 Å². The fourth-order valence-electron chi connectivity index (χ4n) is 28.4. The smallest absolute Gasteiger partial charge is 0.320 e. The maximum atomic E-state index is 16.6. The number of hydrogen-bond acceptors (Lipinski definition) is 21. The van der Waals surface area contributed by atoms with Crippen molar-refractivity contribution in [1.29, 1.82) is 0 Å². The number of piperidine rings is 6. The molecule has 12 amide bonds. The number of hydrogen-bond donors (Lipinski definition) is 12. The second-order valence-corrected chi connectivity index (χ2v) is 47.4. The van der Waals surface area contributed by atoms with Crippen LogP contribution in [-0.4, -0.2) is 373 Å². The molecule has 38 atom stereocenters. The highest BCUT2D eigenvalue weighted by atomic mass is 32.2. The maximum Gasteiger partial charge on any atom is 0.320 e. The van der Waals surface area contributed by atoms with E-state index in [0.29, 0.717) is 140 Å². The van der Waals surface area contributed by atoms with Gasteiger partial charge in [0, 0.05) is 218 Å². The molecule has 30 nitrogen and oxygen atoms in total. The van der Waals surface area contributed by atoms with Crippen LogP contribution in [0.25, 0.3) is 0 Å². The molecule has 39 heteroatoms. The molecule has 20 rings (SSSR count). The van der Waals surface area contributed by atoms with Gasteiger partial charge in [-0.05, 0) is 172 Å². The lowest BCUT2D eigenvalue weighted by molar-refractivity contribution is -0.132. The molecular weight excluding hydrogens is 1800 g/mol. The summed E-state index contributed by atoms with van der Waals surface area (Å²) in [6.07, 6.45) is 3.99. The van der Waals surface area contributed by atoms with E-state index in [1.54, 1.807) is 40.2 Å². The quantitative estimate of drug-likeness (QED) is 0.0910. The molecule has 5 aliphatic carbocycles. The van der Waals surface area contributed by atoms with Crippen LogP contribution in [0.3, 0.4) is 0 Å². The number of carbonyl (C=O) groups excluding carboxylic acids is 9. The van der Waals surface area contributed by atoms with E-state index in [0.717, 1.165) is 51.7 Å². The summed E-state index contributed by atoms with van der Waals surface area (Å²) in [5.41, 5.74) is 0. The number of urea groups is 3. The van der Waals surface area contributed by atoms with Gasteiger partial charge in [-0.1, -0.05) is 61.3 Å². The second-order valence-electron chi connectivity index (χ2n) is 43.4. The molecule has 15 heterocycles. The van der Waals surface area contributed by atoms with Crippen molar-refractivity contribution in [3.8, 4) is 0 Å². The van der Waals surface area contributed by atoms with Crippen molar-refractivity contribution in [1.82, 2.24) is 108 Å². The van der Waals surface area contributed by atoms with Gasteiger partial charge in [0.2, 0.25) is 35.4 Å². The lowest BCUT2D eigenvalue weighted by Crippen LogP contribution is -2.80. The van der Waals surface area contributed by atoms with Crippen LogP contribution >= 0.6 is 35.3 Å². The first-order chi connectivity index (χ1) is 64.9. The van der Waals surface area contributed by atoms with Crippen molar-refractivity contribution in [3.05, 3.63) is 38.0 Å². The van der Waals surface area contributed by atoms with Gasteiger partial charge in [-0.2, -0.15) is 35.3 Å². The number of carbonyl (C=O) groups is 9. The van der Waals surface area contributed by atoms with E-state index in [4.69, 9.17) is 0 Å². The summed E-state index contributed by atoms with van der Waals surface area (Å²) in [5.74, 6) is -1.09. The van der Waals surface area contributed by atoms with Crippen LogP contribution in [0.5, 0.6) is 0 Å². The molecule has 0 spiro atoms. The SMILES string of the molecule is C=CC(=O)N1CCN(C2NC(=O)N3C4NC(C(F)CC42)C2C(F)CCCC2NC(=O)CCSC2CCNC(C(C)C)C23)[C@@H]2C[C@@H]21.C=CC(=O)N1CCN(C2NC(=O)N3C4NC(C(F)CC42)C2C(F)CCCC2NC(=O)CCSC2CCNC(C(C)C)C23)[C@H](C)C1.C=CC(=O)N1CCN(C2NC(=O)N3C4NC(C(F)CC42)C2C(F)CCCC2NC(=O)CCSC2CCNC(C(C)C)C23)[C@H]2C[C@H]21. The first kappa shape index (κ1) is 99.3. The Balaban J connectivity index is 0.000000135. The highest BCUT2D eigenvalue weighted by molar-refractivity contribution is 8.00. The molecule has 752 valence electrons. The van der Waals surface area contributed by atoms with E-state index >= 15 is 26.3 Å². The Morgan fingerprint density at radius 1 is 0.378 bits per heavy atom. The van der Waals surface area contributed by atoms with Crippen LogP contribution in [0.2, 0.25) is 0 Å². The summed E-state index contributed by atoms with van der Waals surface area (Å²) >= 11 is 5.23. The highest BCUT2D eigenvalue weighted by Gasteiger charge is 2.66. The molecule has 20 aliphatic rings. The topological polar surface area (TPSA) is 327 Å². The van der Waals surface area contributed by atoms with E-state index in [1.807, 2.05) is 31.4 Å². The van der Waals surface area contributed by atoms with Crippen molar-refractivity contribution in [2.45, 2.75) is 369 Å². The van der Waals surface area contributed by atoms with Gasteiger partial charge in [-0.3, -0.25) is 59.4 Å². The molecule has 0 aromatic heterocycles. The van der Waals surface area contributed by atoms with Crippen molar-refractivity contribution in [3.63, 3.8) is 0 Å². The molecule has 0 aromatic carbocycles. The molecule has 33 unspecified atom stereocenters. The highest BCUT2D eigenvalue weighted by Crippen LogP contribution is 2.51. The number of nitrogens with zero attached hydrogens (tertiary/aromatic N) is 9. The Bertz CT molecular complexity index is 3960. The molecule has 15 saturated heterocycles. The van der Waals surface area contributed by atoms with Crippen LogP contribution in [-0.2, 0) is 28.8 Å². The Hall–Kier alpha value is -5.88. The number of alkyl halides is 6. The molecule has 6 bridgehead atoms. The van der Waals surface area contributed by atoms with E-state index in [2.05, 4.69) is 140 Å². The van der Waals surface area contributed by atoms with Crippen molar-refractivity contribution in [2.24, 2.45) is 53.3 Å². The predicted octanol–water partition coefficient (Wildman–Crippen LogP) is 6.15. The van der Waals surface area contributed by atoms with Gasteiger partial charge in [0.05, 0.1) is 55.1 Å². The standard InChI is InChI=1S/2C32H49F2N7O3S.C32H51F2N7O3S/c2*1-4-25(43)39-11-12-40(22-15-21(22)39)30-17-14-19(34)28-26-18(33)6-5-7-20(26)36-24(42)9-13-45-23-8-10-35-27(16(2)3)29(23)41(31(17)37-28)32(44)38-30;1-5-25(43)39-12-13-40(18(4)16-39)30-19-15-21(34)28-26-20(33)7-6-8-22(26)36-24(42)10-14-45-23-9-11-35-27(17(2)3)29(23)41(31(19)37-28)32(44)38-30/h2*4,16-23,26-31,35,37H,1,5-15H2,2-3H3,(H,36,42)(H,38,44);5,17-23,26-31,35,37H,1,6-16H2,2-4H3,(H,36,42)(H,38,44)/t2*17?,18?,19?,20?,21-,22+,23?,26?,27?,28?,29?,30?,31?;18-,19?,20?,21?,22?,23?,26?,27?,28?,29?,30?,31?/m101/s1. The summed E-state index contributed by atoms with van der Waals surface area (Å²) < 4.78 is 97.4. The number of nitrogens with one attached hydrogen (secondary N) is 12. The lowest BCUT2D eigenvalue weighted by Gasteiger charge is -2.60.